The highest BCUT2D eigenvalue weighted by molar-refractivity contribution is 7.92. The fourth-order valence-electron chi connectivity index (χ4n) is 4.35. The average molecular weight is 593 g/mol. The van der Waals surface area contributed by atoms with Gasteiger partial charge in [-0.05, 0) is 92.8 Å². The van der Waals surface area contributed by atoms with E-state index in [4.69, 9.17) is 9.47 Å². The fourth-order valence-corrected chi connectivity index (χ4v) is 5.83. The molecule has 1 heterocycles. The van der Waals surface area contributed by atoms with Gasteiger partial charge in [-0.25, -0.2) is 13.8 Å². The number of aryl methyl sites for hydroxylation is 3. The molecule has 1 aliphatic rings. The molecule has 0 bridgehead atoms. The number of hydrogen-bond acceptors (Lipinski definition) is 7. The lowest BCUT2D eigenvalue weighted by Gasteiger charge is -2.25. The lowest BCUT2D eigenvalue weighted by molar-refractivity contribution is -0.123. The second kappa shape index (κ2) is 14.1. The fraction of sp³-hybridized carbons (Fsp3) is 0.323. The van der Waals surface area contributed by atoms with Gasteiger partial charge >= 0.3 is 0 Å². The molecule has 1 fully saturated rings. The Morgan fingerprint density at radius 1 is 1.00 bits per heavy atom. The van der Waals surface area contributed by atoms with Crippen molar-refractivity contribution in [2.24, 2.45) is 5.10 Å². The number of carbonyl (C=O) groups is 2. The summed E-state index contributed by atoms with van der Waals surface area (Å²) in [6.07, 6.45) is 3.46. The topological polar surface area (TPSA) is 126 Å². The third-order valence-electron chi connectivity index (χ3n) is 6.73. The summed E-state index contributed by atoms with van der Waals surface area (Å²) in [6, 6.07) is 18.8. The smallest absolute Gasteiger partial charge is 0.264 e. The zero-order valence-electron chi connectivity index (χ0n) is 24.0. The van der Waals surface area contributed by atoms with Crippen LogP contribution in [0.1, 0.15) is 35.1 Å². The van der Waals surface area contributed by atoms with Crippen molar-refractivity contribution in [2.75, 3.05) is 30.6 Å². The largest absolute Gasteiger partial charge is 0.484 e. The SMILES string of the molecule is Cc1ccc(S(=O)(=O)N(CC(=O)N/N=C\c2ccc(OCC(=O)NC[C@H]3CCCO3)cc2)c2cc(C)ccc2C)cc1. The molecule has 3 aromatic rings. The van der Waals surface area contributed by atoms with Crippen LogP contribution in [0.4, 0.5) is 5.69 Å². The zero-order valence-corrected chi connectivity index (χ0v) is 24.8. The van der Waals surface area contributed by atoms with Crippen LogP contribution in [0.2, 0.25) is 0 Å². The summed E-state index contributed by atoms with van der Waals surface area (Å²) in [5.74, 6) is -0.316. The molecule has 4 rings (SSSR count). The lowest BCUT2D eigenvalue weighted by atomic mass is 10.1. The third-order valence-corrected chi connectivity index (χ3v) is 8.51. The number of amides is 2. The number of hydrogen-bond donors (Lipinski definition) is 2. The van der Waals surface area contributed by atoms with Gasteiger partial charge in [0.2, 0.25) is 0 Å². The zero-order chi connectivity index (χ0) is 30.1. The second-order valence-electron chi connectivity index (χ2n) is 10.2. The Hall–Kier alpha value is -4.22. The van der Waals surface area contributed by atoms with Crippen molar-refractivity contribution in [2.45, 2.75) is 44.6 Å². The monoisotopic (exact) mass is 592 g/mol. The molecule has 1 aliphatic heterocycles. The van der Waals surface area contributed by atoms with Crippen LogP contribution in [0.15, 0.2) is 76.7 Å². The Kier molecular flexibility index (Phi) is 10.3. The summed E-state index contributed by atoms with van der Waals surface area (Å²) in [7, 11) is -4.04. The summed E-state index contributed by atoms with van der Waals surface area (Å²) in [4.78, 5) is 25.0. The normalized spacial score (nSPS) is 15.0. The van der Waals surface area contributed by atoms with E-state index in [0.29, 0.717) is 23.5 Å². The van der Waals surface area contributed by atoms with Gasteiger partial charge in [-0.15, -0.1) is 0 Å². The molecule has 3 aromatic carbocycles. The van der Waals surface area contributed by atoms with Crippen molar-refractivity contribution in [1.82, 2.24) is 10.7 Å². The van der Waals surface area contributed by atoms with Crippen LogP contribution in [0.5, 0.6) is 5.75 Å². The number of anilines is 1. The van der Waals surface area contributed by atoms with E-state index in [9.17, 15) is 18.0 Å². The minimum absolute atomic E-state index is 0.0698. The van der Waals surface area contributed by atoms with Crippen LogP contribution in [0, 0.1) is 20.8 Å². The van der Waals surface area contributed by atoms with Gasteiger partial charge in [-0.3, -0.25) is 13.9 Å². The van der Waals surface area contributed by atoms with Crippen molar-refractivity contribution in [3.8, 4) is 5.75 Å². The highest BCUT2D eigenvalue weighted by Crippen LogP contribution is 2.28. The van der Waals surface area contributed by atoms with E-state index in [1.807, 2.05) is 26.0 Å². The Balaban J connectivity index is 1.35. The molecule has 0 unspecified atom stereocenters. The number of nitrogens with zero attached hydrogens (tertiary/aromatic N) is 2. The van der Waals surface area contributed by atoms with Crippen LogP contribution in [0.25, 0.3) is 0 Å². The van der Waals surface area contributed by atoms with Gasteiger partial charge in [0.25, 0.3) is 21.8 Å². The molecule has 0 spiro atoms. The van der Waals surface area contributed by atoms with Gasteiger partial charge in [0.05, 0.1) is 22.9 Å². The average Bonchev–Trinajstić information content (AvgIpc) is 3.50. The molecule has 2 amide bonds. The molecule has 11 heteroatoms. The molecule has 222 valence electrons. The first kappa shape index (κ1) is 30.7. The van der Waals surface area contributed by atoms with Gasteiger partial charge in [-0.1, -0.05) is 29.8 Å². The molecule has 10 nitrogen and oxygen atoms in total. The Bertz CT molecular complexity index is 1520. The van der Waals surface area contributed by atoms with Crippen molar-refractivity contribution < 1.29 is 27.5 Å². The number of hydrazone groups is 1. The molecule has 42 heavy (non-hydrogen) atoms. The summed E-state index contributed by atoms with van der Waals surface area (Å²) in [5.41, 5.74) is 6.02. The van der Waals surface area contributed by atoms with E-state index in [0.717, 1.165) is 40.4 Å². The van der Waals surface area contributed by atoms with Crippen LogP contribution in [0.3, 0.4) is 0 Å². The molecule has 0 saturated carbocycles. The molecule has 0 aliphatic carbocycles. The van der Waals surface area contributed by atoms with E-state index < -0.39 is 22.5 Å². The molecule has 0 aromatic heterocycles. The minimum Gasteiger partial charge on any atom is -0.484 e. The summed E-state index contributed by atoms with van der Waals surface area (Å²) in [5, 5.41) is 6.80. The van der Waals surface area contributed by atoms with Crippen molar-refractivity contribution in [1.29, 1.82) is 0 Å². The highest BCUT2D eigenvalue weighted by atomic mass is 32.2. The first-order valence-electron chi connectivity index (χ1n) is 13.7. The number of sulfonamides is 1. The quantitative estimate of drug-likeness (QED) is 0.244. The number of nitrogens with one attached hydrogen (secondary N) is 2. The predicted octanol–water partition coefficient (Wildman–Crippen LogP) is 3.63. The van der Waals surface area contributed by atoms with Gasteiger partial charge in [0.1, 0.15) is 12.3 Å². The third kappa shape index (κ3) is 8.40. The maximum Gasteiger partial charge on any atom is 0.264 e. The van der Waals surface area contributed by atoms with E-state index in [-0.39, 0.29) is 23.5 Å². The summed E-state index contributed by atoms with van der Waals surface area (Å²) >= 11 is 0. The first-order chi connectivity index (χ1) is 20.1. The van der Waals surface area contributed by atoms with Gasteiger partial charge in [0.15, 0.2) is 6.61 Å². The van der Waals surface area contributed by atoms with E-state index in [2.05, 4.69) is 15.8 Å². The van der Waals surface area contributed by atoms with E-state index in [1.165, 1.54) is 18.3 Å². The Labute approximate surface area is 246 Å². The predicted molar refractivity (Wildman–Crippen MR) is 161 cm³/mol. The molecular formula is C31H36N4O6S. The van der Waals surface area contributed by atoms with Crippen LogP contribution < -0.4 is 19.8 Å². The van der Waals surface area contributed by atoms with Gasteiger partial charge in [-0.2, -0.15) is 5.10 Å². The van der Waals surface area contributed by atoms with Crippen LogP contribution >= 0.6 is 0 Å². The number of rotatable bonds is 12. The minimum atomic E-state index is -4.04. The summed E-state index contributed by atoms with van der Waals surface area (Å²) < 4.78 is 39.4. The number of carbonyl (C=O) groups excluding carboxylic acids is 2. The van der Waals surface area contributed by atoms with E-state index in [1.54, 1.807) is 49.4 Å². The number of ether oxygens (including phenoxy) is 2. The molecule has 0 radical (unpaired) electrons. The van der Waals surface area contributed by atoms with Crippen molar-refractivity contribution in [3.05, 3.63) is 89.0 Å². The van der Waals surface area contributed by atoms with Crippen LogP contribution in [-0.2, 0) is 24.3 Å². The van der Waals surface area contributed by atoms with Gasteiger partial charge in [0, 0.05) is 13.2 Å². The summed E-state index contributed by atoms with van der Waals surface area (Å²) in [6.45, 7) is 6.17. The Morgan fingerprint density at radius 3 is 2.40 bits per heavy atom. The molecule has 1 atom stereocenters. The molecule has 1 saturated heterocycles. The van der Waals surface area contributed by atoms with Crippen LogP contribution in [-0.4, -0.2) is 58.9 Å². The van der Waals surface area contributed by atoms with Crippen molar-refractivity contribution >= 4 is 33.7 Å². The second-order valence-corrected chi connectivity index (χ2v) is 12.1. The first-order valence-corrected chi connectivity index (χ1v) is 15.2. The molecule has 2 N–H and O–H groups in total. The van der Waals surface area contributed by atoms with Crippen molar-refractivity contribution in [3.63, 3.8) is 0 Å². The maximum atomic E-state index is 13.6. The van der Waals surface area contributed by atoms with Gasteiger partial charge < -0.3 is 14.8 Å². The standard InChI is InChI=1S/C31H36N4O6S/c1-22-7-14-28(15-8-22)42(38,39)35(29-17-23(2)6-9-24(29)3)20-30(36)34-33-18-25-10-12-26(13-11-25)41-21-31(37)32-19-27-5-4-16-40-27/h6-15,17-18,27H,4-5,16,19-21H2,1-3H3,(H,32,37)(H,34,36)/b33-18-/t27-/m1/s1. The lowest BCUT2D eigenvalue weighted by Crippen LogP contribution is -2.40. The maximum absolute atomic E-state index is 13.6. The Morgan fingerprint density at radius 2 is 1.71 bits per heavy atom. The highest BCUT2D eigenvalue weighted by Gasteiger charge is 2.28. The molecular weight excluding hydrogens is 556 g/mol. The van der Waals surface area contributed by atoms with E-state index >= 15 is 0 Å². The number of benzene rings is 3.